The first kappa shape index (κ1) is 22.7. The Labute approximate surface area is 213 Å². The van der Waals surface area contributed by atoms with Gasteiger partial charge in [0, 0.05) is 32.0 Å². The molecule has 1 amide bonds. The maximum absolute atomic E-state index is 13.5. The van der Waals surface area contributed by atoms with E-state index in [9.17, 15) is 9.59 Å². The number of carbonyl (C=O) groups is 1. The summed E-state index contributed by atoms with van der Waals surface area (Å²) in [7, 11) is 2.01. The fraction of sp³-hybridized carbons (Fsp3) is 0.538. The number of nitrogens with zero attached hydrogens (tertiary/aromatic N) is 5. The zero-order valence-electron chi connectivity index (χ0n) is 20.7. The summed E-state index contributed by atoms with van der Waals surface area (Å²) in [6.07, 6.45) is 9.92. The van der Waals surface area contributed by atoms with Crippen LogP contribution in [0.5, 0.6) is 0 Å². The quantitative estimate of drug-likeness (QED) is 0.522. The van der Waals surface area contributed by atoms with Gasteiger partial charge in [-0.05, 0) is 56.6 Å². The van der Waals surface area contributed by atoms with E-state index in [1.165, 1.54) is 10.7 Å². The Morgan fingerprint density at radius 1 is 1.22 bits per heavy atom. The Balaban J connectivity index is 1.24. The number of fused-ring (bicyclic) bond motifs is 4. The fourth-order valence-electron chi connectivity index (χ4n) is 6.67. The minimum Gasteiger partial charge on any atom is -0.376 e. The molecule has 2 bridgehead atoms. The summed E-state index contributed by atoms with van der Waals surface area (Å²) < 4.78 is 15.2. The lowest BCUT2D eigenvalue weighted by atomic mass is 9.76. The van der Waals surface area contributed by atoms with Gasteiger partial charge in [-0.1, -0.05) is 0 Å². The van der Waals surface area contributed by atoms with E-state index in [0.717, 1.165) is 50.8 Å². The van der Waals surface area contributed by atoms with Crippen molar-refractivity contribution >= 4 is 28.7 Å². The van der Waals surface area contributed by atoms with Crippen LogP contribution in [-0.2, 0) is 9.47 Å². The number of aromatic nitrogens is 4. The number of hydrogen-bond acceptors (Lipinski definition) is 8. The fourth-order valence-corrected chi connectivity index (χ4v) is 6.67. The maximum atomic E-state index is 13.5. The van der Waals surface area contributed by atoms with Crippen LogP contribution in [-0.4, -0.2) is 63.1 Å². The van der Waals surface area contributed by atoms with E-state index in [0.29, 0.717) is 23.1 Å². The standard InChI is InChI=1S/C26H31N7O4/c1-31(19-9-14-6-8-36-23(14)19)20-12-22(30-33-21(24(27)34)13-28-25(20)33)29-18-3-2-7-32(26(18)35)15-10-16-4-5-17(11-15)37-16/h2-3,7,12-17,19,23H,4-6,8-11H2,1H3,(H2,27,34)(H,29,30)/t14-,15?,16?,17?,19-,23-/m1/s1. The van der Waals surface area contributed by atoms with Crippen molar-refractivity contribution in [3.05, 3.63) is 46.6 Å². The van der Waals surface area contributed by atoms with Crippen LogP contribution in [0.2, 0.25) is 0 Å². The van der Waals surface area contributed by atoms with Crippen LogP contribution in [0.25, 0.3) is 5.65 Å². The molecule has 4 fully saturated rings. The van der Waals surface area contributed by atoms with Crippen molar-refractivity contribution in [1.82, 2.24) is 19.2 Å². The summed E-state index contributed by atoms with van der Waals surface area (Å²) in [4.78, 5) is 32.2. The molecule has 7 rings (SSSR count). The van der Waals surface area contributed by atoms with Crippen molar-refractivity contribution in [1.29, 1.82) is 0 Å². The van der Waals surface area contributed by atoms with Gasteiger partial charge in [-0.2, -0.15) is 0 Å². The Morgan fingerprint density at radius 3 is 2.78 bits per heavy atom. The van der Waals surface area contributed by atoms with Crippen molar-refractivity contribution in [3.8, 4) is 0 Å². The minimum absolute atomic E-state index is 0.104. The molecule has 6 heterocycles. The van der Waals surface area contributed by atoms with Crippen LogP contribution in [0.1, 0.15) is 55.1 Å². The predicted octanol–water partition coefficient (Wildman–Crippen LogP) is 2.23. The first-order valence-corrected chi connectivity index (χ1v) is 13.1. The predicted molar refractivity (Wildman–Crippen MR) is 136 cm³/mol. The molecule has 3 aromatic heterocycles. The topological polar surface area (TPSA) is 129 Å². The van der Waals surface area contributed by atoms with Crippen LogP contribution >= 0.6 is 0 Å². The van der Waals surface area contributed by atoms with Crippen molar-refractivity contribution in [2.24, 2.45) is 11.7 Å². The zero-order valence-corrected chi connectivity index (χ0v) is 20.7. The highest BCUT2D eigenvalue weighted by atomic mass is 16.5. The number of hydrogen-bond donors (Lipinski definition) is 2. The van der Waals surface area contributed by atoms with Gasteiger partial charge in [0.1, 0.15) is 11.4 Å². The normalized spacial score (nSPS) is 30.2. The van der Waals surface area contributed by atoms with E-state index >= 15 is 0 Å². The molecule has 0 aromatic carbocycles. The third kappa shape index (κ3) is 3.71. The van der Waals surface area contributed by atoms with E-state index in [4.69, 9.17) is 15.2 Å². The third-order valence-corrected chi connectivity index (χ3v) is 8.66. The minimum atomic E-state index is -0.621. The highest BCUT2D eigenvalue weighted by Crippen LogP contribution is 2.43. The van der Waals surface area contributed by atoms with Crippen LogP contribution in [0.15, 0.2) is 35.4 Å². The second-order valence-corrected chi connectivity index (χ2v) is 10.8. The molecule has 3 N–H and O–H groups in total. The number of amides is 1. The van der Waals surface area contributed by atoms with Crippen molar-refractivity contribution in [2.75, 3.05) is 23.9 Å². The Morgan fingerprint density at radius 2 is 2.03 bits per heavy atom. The molecule has 3 saturated heterocycles. The molecule has 37 heavy (non-hydrogen) atoms. The average molecular weight is 506 g/mol. The van der Waals surface area contributed by atoms with Crippen molar-refractivity contribution in [2.45, 2.75) is 68.9 Å². The van der Waals surface area contributed by atoms with Gasteiger partial charge in [-0.3, -0.25) is 9.59 Å². The van der Waals surface area contributed by atoms with Gasteiger partial charge >= 0.3 is 0 Å². The SMILES string of the molecule is CN(c1cc(Nc2cccn(C3CC4CCC(C3)O4)c2=O)nn2c(C(N)=O)cnc12)[C@@H]1C[C@H]2CCO[C@H]21. The van der Waals surface area contributed by atoms with Crippen LogP contribution in [0.4, 0.5) is 17.2 Å². The molecule has 5 atom stereocenters. The van der Waals surface area contributed by atoms with Gasteiger partial charge in [0.15, 0.2) is 11.5 Å². The lowest BCUT2D eigenvalue weighted by molar-refractivity contribution is -0.0164. The summed E-state index contributed by atoms with van der Waals surface area (Å²) in [5, 5.41) is 7.82. The molecule has 1 saturated carbocycles. The number of ether oxygens (including phenoxy) is 2. The molecule has 11 heteroatoms. The molecular formula is C26H31N7O4. The number of carbonyl (C=O) groups excluding carboxylic acids is 1. The number of pyridine rings is 1. The van der Waals surface area contributed by atoms with Gasteiger partial charge in [-0.15, -0.1) is 5.10 Å². The highest BCUT2D eigenvalue weighted by molar-refractivity contribution is 5.92. The summed E-state index contributed by atoms with van der Waals surface area (Å²) in [6.45, 7) is 0.794. The number of imidazole rings is 1. The second kappa shape index (κ2) is 8.56. The second-order valence-electron chi connectivity index (χ2n) is 10.8. The van der Waals surface area contributed by atoms with Crippen molar-refractivity contribution < 1.29 is 14.3 Å². The van der Waals surface area contributed by atoms with Gasteiger partial charge in [0.2, 0.25) is 0 Å². The molecule has 2 unspecified atom stereocenters. The number of anilines is 3. The number of nitrogens with two attached hydrogens (primary N) is 1. The summed E-state index contributed by atoms with van der Waals surface area (Å²) in [6, 6.07) is 5.84. The Hall–Kier alpha value is -3.44. The van der Waals surface area contributed by atoms with Gasteiger partial charge in [0.25, 0.3) is 11.5 Å². The smallest absolute Gasteiger partial charge is 0.274 e. The number of rotatable bonds is 6. The first-order valence-electron chi connectivity index (χ1n) is 13.1. The lowest BCUT2D eigenvalue weighted by Crippen LogP contribution is -2.53. The number of likely N-dealkylation sites (N-methyl/N-ethyl adjacent to an activating group) is 1. The maximum Gasteiger partial charge on any atom is 0.274 e. The van der Waals surface area contributed by atoms with E-state index in [2.05, 4.69) is 20.3 Å². The van der Waals surface area contributed by atoms with Crippen molar-refractivity contribution in [3.63, 3.8) is 0 Å². The summed E-state index contributed by atoms with van der Waals surface area (Å²) in [5.41, 5.74) is 7.44. The number of primary amides is 1. The third-order valence-electron chi connectivity index (χ3n) is 8.66. The molecule has 4 aliphatic rings. The molecule has 1 aliphatic carbocycles. The zero-order chi connectivity index (χ0) is 25.3. The van der Waals surface area contributed by atoms with Gasteiger partial charge in [0.05, 0.1) is 36.2 Å². The monoisotopic (exact) mass is 505 g/mol. The molecule has 194 valence electrons. The van der Waals surface area contributed by atoms with Crippen LogP contribution in [0.3, 0.4) is 0 Å². The molecule has 0 radical (unpaired) electrons. The Kier molecular flexibility index (Phi) is 5.26. The molecule has 3 aromatic rings. The Bertz CT molecular complexity index is 1420. The van der Waals surface area contributed by atoms with E-state index in [1.54, 1.807) is 6.07 Å². The van der Waals surface area contributed by atoms with Crippen LogP contribution < -0.4 is 21.5 Å². The summed E-state index contributed by atoms with van der Waals surface area (Å²) >= 11 is 0. The molecule has 11 nitrogen and oxygen atoms in total. The van der Waals surface area contributed by atoms with Crippen LogP contribution in [0, 0.1) is 5.92 Å². The van der Waals surface area contributed by atoms with E-state index < -0.39 is 5.91 Å². The average Bonchev–Trinajstić information content (AvgIpc) is 3.56. The molecule has 0 spiro atoms. The number of nitrogens with one attached hydrogen (secondary N) is 1. The molecule has 3 aliphatic heterocycles. The summed E-state index contributed by atoms with van der Waals surface area (Å²) in [5.74, 6) is 0.400. The first-order chi connectivity index (χ1) is 18.0. The highest BCUT2D eigenvalue weighted by Gasteiger charge is 2.47. The molecular weight excluding hydrogens is 474 g/mol. The van der Waals surface area contributed by atoms with E-state index in [1.807, 2.05) is 29.9 Å². The van der Waals surface area contributed by atoms with Gasteiger partial charge in [-0.25, -0.2) is 9.50 Å². The largest absolute Gasteiger partial charge is 0.376 e. The lowest BCUT2D eigenvalue weighted by Gasteiger charge is -2.45. The van der Waals surface area contributed by atoms with E-state index in [-0.39, 0.29) is 41.6 Å². The van der Waals surface area contributed by atoms with Gasteiger partial charge < -0.3 is 30.0 Å².